The van der Waals surface area contributed by atoms with Gasteiger partial charge >= 0.3 is 5.69 Å². The summed E-state index contributed by atoms with van der Waals surface area (Å²) in [5.74, 6) is -0.257. The number of hydrogen-bond acceptors (Lipinski definition) is 4. The highest BCUT2D eigenvalue weighted by Crippen LogP contribution is 2.32. The number of aromatic nitrogens is 1. The topological polar surface area (TPSA) is 68.1 Å². The van der Waals surface area contributed by atoms with Crippen LogP contribution in [-0.4, -0.2) is 9.91 Å². The van der Waals surface area contributed by atoms with Crippen molar-refractivity contribution in [2.45, 2.75) is 13.0 Å². The molecule has 1 aromatic carbocycles. The van der Waals surface area contributed by atoms with E-state index in [0.29, 0.717) is 0 Å². The van der Waals surface area contributed by atoms with Gasteiger partial charge in [-0.3, -0.25) is 10.1 Å². The number of nitrogens with one attached hydrogen (secondary N) is 1. The van der Waals surface area contributed by atoms with Crippen LogP contribution in [0, 0.1) is 15.9 Å². The van der Waals surface area contributed by atoms with Gasteiger partial charge in [-0.2, -0.15) is 0 Å². The third-order valence-electron chi connectivity index (χ3n) is 2.78. The molecule has 0 radical (unpaired) electrons. The van der Waals surface area contributed by atoms with Crippen LogP contribution in [-0.2, 0) is 0 Å². The van der Waals surface area contributed by atoms with E-state index in [1.165, 1.54) is 24.4 Å². The lowest BCUT2D eigenvalue weighted by Gasteiger charge is -2.15. The van der Waals surface area contributed by atoms with E-state index in [0.717, 1.165) is 5.56 Å². The molecule has 104 valence electrons. The van der Waals surface area contributed by atoms with E-state index in [4.69, 9.17) is 11.6 Å². The van der Waals surface area contributed by atoms with Crippen LogP contribution in [0.3, 0.4) is 0 Å². The molecule has 1 atom stereocenters. The number of hydrogen-bond donors (Lipinski definition) is 1. The molecule has 2 rings (SSSR count). The third kappa shape index (κ3) is 3.03. The summed E-state index contributed by atoms with van der Waals surface area (Å²) in [7, 11) is 0. The van der Waals surface area contributed by atoms with Crippen molar-refractivity contribution in [3.05, 3.63) is 63.0 Å². The standard InChI is InChI=1S/C13H11ClFN3O2/c1-8(9-2-4-10(15)5-3-9)17-13-12(18(19)20)11(14)6-7-16-13/h2-8H,1H3,(H,16,17)/t8-/m0/s1. The van der Waals surface area contributed by atoms with Crippen LogP contribution in [0.2, 0.25) is 5.02 Å². The van der Waals surface area contributed by atoms with Gasteiger partial charge in [-0.1, -0.05) is 23.7 Å². The average Bonchev–Trinajstić information content (AvgIpc) is 2.39. The SMILES string of the molecule is C[C@H](Nc1nccc(Cl)c1[N+](=O)[O-])c1ccc(F)cc1. The monoisotopic (exact) mass is 295 g/mol. The molecule has 1 N–H and O–H groups in total. The predicted octanol–water partition coefficient (Wildman–Crippen LogP) is 3.96. The zero-order valence-electron chi connectivity index (χ0n) is 10.5. The predicted molar refractivity (Wildman–Crippen MR) is 74.3 cm³/mol. The minimum Gasteiger partial charge on any atom is -0.358 e. The van der Waals surface area contributed by atoms with Gasteiger partial charge in [0.25, 0.3) is 0 Å². The second-order valence-electron chi connectivity index (χ2n) is 4.16. The van der Waals surface area contributed by atoms with Crippen molar-refractivity contribution >= 4 is 23.1 Å². The molecule has 0 aliphatic carbocycles. The van der Waals surface area contributed by atoms with E-state index in [-0.39, 0.29) is 28.4 Å². The Morgan fingerprint density at radius 2 is 2.00 bits per heavy atom. The maximum atomic E-state index is 12.9. The summed E-state index contributed by atoms with van der Waals surface area (Å²) in [5, 5.41) is 13.9. The molecule has 0 unspecified atom stereocenters. The van der Waals surface area contributed by atoms with Gasteiger partial charge in [0.2, 0.25) is 5.82 Å². The van der Waals surface area contributed by atoms with E-state index in [1.54, 1.807) is 19.1 Å². The highest BCUT2D eigenvalue weighted by atomic mass is 35.5. The Hall–Kier alpha value is -2.21. The van der Waals surface area contributed by atoms with Crippen LogP contribution >= 0.6 is 11.6 Å². The van der Waals surface area contributed by atoms with Crippen molar-refractivity contribution in [2.75, 3.05) is 5.32 Å². The number of halogens is 2. The lowest BCUT2D eigenvalue weighted by atomic mass is 10.1. The summed E-state index contributed by atoms with van der Waals surface area (Å²) in [6.45, 7) is 1.79. The molecule has 0 fully saturated rings. The molecule has 0 amide bonds. The van der Waals surface area contributed by atoms with Crippen molar-refractivity contribution in [1.82, 2.24) is 4.98 Å². The van der Waals surface area contributed by atoms with E-state index in [1.807, 2.05) is 0 Å². The minimum absolute atomic E-state index is 0.0128. The third-order valence-corrected chi connectivity index (χ3v) is 3.09. The largest absolute Gasteiger partial charge is 0.358 e. The summed E-state index contributed by atoms with van der Waals surface area (Å²) in [6, 6.07) is 6.93. The van der Waals surface area contributed by atoms with Gasteiger partial charge in [0.1, 0.15) is 10.8 Å². The maximum absolute atomic E-state index is 12.9. The smallest absolute Gasteiger partial charge is 0.329 e. The molecule has 1 aromatic heterocycles. The number of rotatable bonds is 4. The van der Waals surface area contributed by atoms with Crippen molar-refractivity contribution in [2.24, 2.45) is 0 Å². The van der Waals surface area contributed by atoms with Crippen LogP contribution in [0.1, 0.15) is 18.5 Å². The molecule has 0 aliphatic rings. The van der Waals surface area contributed by atoms with Crippen molar-refractivity contribution in [3.63, 3.8) is 0 Å². The first-order valence-corrected chi connectivity index (χ1v) is 6.17. The number of nitrogens with zero attached hydrogens (tertiary/aromatic N) is 2. The highest BCUT2D eigenvalue weighted by molar-refractivity contribution is 6.33. The molecule has 0 spiro atoms. The fourth-order valence-electron chi connectivity index (χ4n) is 1.75. The van der Waals surface area contributed by atoms with Crippen LogP contribution < -0.4 is 5.32 Å². The summed E-state index contributed by atoms with van der Waals surface area (Å²) in [4.78, 5) is 14.3. The molecule has 1 heterocycles. The number of anilines is 1. The summed E-state index contributed by atoms with van der Waals surface area (Å²) in [6.07, 6.45) is 1.38. The lowest BCUT2D eigenvalue weighted by molar-refractivity contribution is -0.384. The number of nitro groups is 1. The molecule has 5 nitrogen and oxygen atoms in total. The Morgan fingerprint density at radius 3 is 2.60 bits per heavy atom. The molecular formula is C13H11ClFN3O2. The Morgan fingerprint density at radius 1 is 1.35 bits per heavy atom. The van der Waals surface area contributed by atoms with Gasteiger partial charge in [0.05, 0.1) is 11.0 Å². The Bertz CT molecular complexity index is 634. The fraction of sp³-hybridized carbons (Fsp3) is 0.154. The van der Waals surface area contributed by atoms with Gasteiger partial charge in [-0.05, 0) is 30.7 Å². The van der Waals surface area contributed by atoms with Crippen molar-refractivity contribution in [1.29, 1.82) is 0 Å². The normalized spacial score (nSPS) is 11.9. The molecule has 0 saturated carbocycles. The summed E-state index contributed by atoms with van der Waals surface area (Å²) < 4.78 is 12.9. The fourth-order valence-corrected chi connectivity index (χ4v) is 1.96. The number of pyridine rings is 1. The van der Waals surface area contributed by atoms with Crippen LogP contribution in [0.4, 0.5) is 15.9 Å². The zero-order valence-corrected chi connectivity index (χ0v) is 11.3. The van der Waals surface area contributed by atoms with Crippen molar-refractivity contribution in [3.8, 4) is 0 Å². The second-order valence-corrected chi connectivity index (χ2v) is 4.57. The van der Waals surface area contributed by atoms with E-state index in [9.17, 15) is 14.5 Å². The average molecular weight is 296 g/mol. The quantitative estimate of drug-likeness (QED) is 0.685. The Balaban J connectivity index is 2.28. The van der Waals surface area contributed by atoms with Crippen LogP contribution in [0.25, 0.3) is 0 Å². The molecular weight excluding hydrogens is 285 g/mol. The first-order chi connectivity index (χ1) is 9.49. The Labute approximate surface area is 119 Å². The second kappa shape index (κ2) is 5.83. The minimum atomic E-state index is -0.588. The molecule has 0 saturated heterocycles. The summed E-state index contributed by atoms with van der Waals surface area (Å²) in [5.41, 5.74) is 0.505. The van der Waals surface area contributed by atoms with Gasteiger partial charge in [-0.25, -0.2) is 9.37 Å². The zero-order chi connectivity index (χ0) is 14.7. The molecule has 20 heavy (non-hydrogen) atoms. The summed E-state index contributed by atoms with van der Waals surface area (Å²) >= 11 is 5.80. The van der Waals surface area contributed by atoms with E-state index < -0.39 is 4.92 Å². The Kier molecular flexibility index (Phi) is 4.14. The van der Waals surface area contributed by atoms with Crippen LogP contribution in [0.15, 0.2) is 36.5 Å². The molecule has 0 bridgehead atoms. The number of benzene rings is 1. The maximum Gasteiger partial charge on any atom is 0.329 e. The van der Waals surface area contributed by atoms with Crippen molar-refractivity contribution < 1.29 is 9.31 Å². The molecule has 0 aliphatic heterocycles. The van der Waals surface area contributed by atoms with Gasteiger partial charge in [0.15, 0.2) is 0 Å². The first kappa shape index (κ1) is 14.2. The van der Waals surface area contributed by atoms with Crippen LogP contribution in [0.5, 0.6) is 0 Å². The van der Waals surface area contributed by atoms with Gasteiger partial charge in [-0.15, -0.1) is 0 Å². The van der Waals surface area contributed by atoms with E-state index >= 15 is 0 Å². The first-order valence-electron chi connectivity index (χ1n) is 5.80. The lowest BCUT2D eigenvalue weighted by Crippen LogP contribution is -2.10. The van der Waals surface area contributed by atoms with Gasteiger partial charge < -0.3 is 5.32 Å². The van der Waals surface area contributed by atoms with Gasteiger partial charge in [0, 0.05) is 6.20 Å². The van der Waals surface area contributed by atoms with E-state index in [2.05, 4.69) is 10.3 Å². The molecule has 7 heteroatoms. The highest BCUT2D eigenvalue weighted by Gasteiger charge is 2.21. The molecule has 2 aromatic rings.